The fourth-order valence-corrected chi connectivity index (χ4v) is 2.65. The van der Waals surface area contributed by atoms with E-state index in [0.717, 1.165) is 21.3 Å². The number of aliphatic hydroxyl groups excluding tert-OH is 1. The van der Waals surface area contributed by atoms with Gasteiger partial charge in [0, 0.05) is 10.2 Å². The third-order valence-corrected chi connectivity index (χ3v) is 3.81. The van der Waals surface area contributed by atoms with Gasteiger partial charge in [0.05, 0.1) is 12.6 Å². The van der Waals surface area contributed by atoms with Crippen LogP contribution in [0.3, 0.4) is 0 Å². The highest BCUT2D eigenvalue weighted by molar-refractivity contribution is 9.10. The Morgan fingerprint density at radius 1 is 1.23 bits per heavy atom. The maximum absolute atomic E-state index is 12.1. The molecule has 0 fully saturated rings. The lowest BCUT2D eigenvalue weighted by Crippen LogP contribution is -2.41. The summed E-state index contributed by atoms with van der Waals surface area (Å²) in [6.45, 7) is 1.81. The van der Waals surface area contributed by atoms with E-state index in [9.17, 15) is 9.90 Å². The second kappa shape index (κ2) is 7.96. The Bertz CT molecular complexity index is 632. The first-order chi connectivity index (χ1) is 10.6. The number of nitrogens with one attached hydrogen (secondary N) is 2. The van der Waals surface area contributed by atoms with Crippen molar-refractivity contribution in [3.63, 3.8) is 0 Å². The molecule has 2 amide bonds. The zero-order valence-electron chi connectivity index (χ0n) is 12.3. The highest BCUT2D eigenvalue weighted by atomic mass is 79.9. The number of aryl methyl sites for hydroxylation is 1. The van der Waals surface area contributed by atoms with Gasteiger partial charge in [0.2, 0.25) is 0 Å². The molecule has 116 valence electrons. The van der Waals surface area contributed by atoms with Crippen LogP contribution in [0.25, 0.3) is 0 Å². The van der Waals surface area contributed by atoms with Gasteiger partial charge in [-0.25, -0.2) is 4.79 Å². The summed E-state index contributed by atoms with van der Waals surface area (Å²) < 4.78 is 0.966. The molecule has 5 heteroatoms. The second-order valence-electron chi connectivity index (χ2n) is 5.13. The van der Waals surface area contributed by atoms with Gasteiger partial charge in [0.15, 0.2) is 0 Å². The molecule has 4 nitrogen and oxygen atoms in total. The van der Waals surface area contributed by atoms with E-state index < -0.39 is 0 Å². The Morgan fingerprint density at radius 2 is 1.95 bits per heavy atom. The molecule has 0 bridgehead atoms. The van der Waals surface area contributed by atoms with Gasteiger partial charge in [-0.05, 0) is 42.7 Å². The van der Waals surface area contributed by atoms with E-state index in [2.05, 4.69) is 26.6 Å². The summed E-state index contributed by atoms with van der Waals surface area (Å²) >= 11 is 3.39. The number of hydrogen-bond donors (Lipinski definition) is 3. The van der Waals surface area contributed by atoms with Crippen molar-refractivity contribution >= 4 is 27.6 Å². The predicted octanol–water partition coefficient (Wildman–Crippen LogP) is 3.48. The number of carbonyl (C=O) groups excluding carboxylic acids is 1. The number of hydrogen-bond acceptors (Lipinski definition) is 2. The van der Waals surface area contributed by atoms with Crippen molar-refractivity contribution in [2.75, 3.05) is 11.9 Å². The van der Waals surface area contributed by atoms with Crippen molar-refractivity contribution in [1.29, 1.82) is 0 Å². The van der Waals surface area contributed by atoms with E-state index in [1.165, 1.54) is 0 Å². The number of rotatable bonds is 5. The van der Waals surface area contributed by atoms with E-state index in [1.54, 1.807) is 0 Å². The van der Waals surface area contributed by atoms with Gasteiger partial charge >= 0.3 is 6.03 Å². The van der Waals surface area contributed by atoms with Crippen LogP contribution in [0.15, 0.2) is 53.0 Å². The van der Waals surface area contributed by atoms with Crippen molar-refractivity contribution in [2.24, 2.45) is 0 Å². The summed E-state index contributed by atoms with van der Waals surface area (Å²) in [6.07, 6.45) is 0.587. The number of urea groups is 1. The van der Waals surface area contributed by atoms with Crippen LogP contribution in [0.1, 0.15) is 11.1 Å². The minimum absolute atomic E-state index is 0.109. The molecule has 1 unspecified atom stereocenters. The summed E-state index contributed by atoms with van der Waals surface area (Å²) in [6, 6.07) is 14.8. The number of amides is 2. The van der Waals surface area contributed by atoms with Crippen molar-refractivity contribution < 1.29 is 9.90 Å². The molecule has 2 aromatic carbocycles. The molecule has 1 atom stereocenters. The maximum Gasteiger partial charge on any atom is 0.319 e. The molecule has 0 aliphatic rings. The van der Waals surface area contributed by atoms with Crippen molar-refractivity contribution in [3.8, 4) is 0 Å². The zero-order valence-corrected chi connectivity index (χ0v) is 13.9. The van der Waals surface area contributed by atoms with Crippen LogP contribution >= 0.6 is 15.9 Å². The highest BCUT2D eigenvalue weighted by Crippen LogP contribution is 2.19. The fourth-order valence-electron chi connectivity index (χ4n) is 2.17. The van der Waals surface area contributed by atoms with Crippen LogP contribution in [0.4, 0.5) is 10.5 Å². The molecule has 3 N–H and O–H groups in total. The molecule has 0 spiro atoms. The minimum atomic E-state index is -0.321. The maximum atomic E-state index is 12.1. The number of carbonyl (C=O) groups is 1. The Kier molecular flexibility index (Phi) is 5.98. The summed E-state index contributed by atoms with van der Waals surface area (Å²) in [4.78, 5) is 12.1. The second-order valence-corrected chi connectivity index (χ2v) is 6.04. The average Bonchev–Trinajstić information content (AvgIpc) is 2.50. The molecule has 2 aromatic rings. The molecule has 2 rings (SSSR count). The number of aliphatic hydroxyl groups is 1. The lowest BCUT2D eigenvalue weighted by molar-refractivity contribution is 0.224. The van der Waals surface area contributed by atoms with Gasteiger partial charge in [0.1, 0.15) is 0 Å². The third-order valence-electron chi connectivity index (χ3n) is 3.32. The molecule has 0 saturated heterocycles. The molecule has 0 heterocycles. The third kappa shape index (κ3) is 4.86. The van der Waals surface area contributed by atoms with Crippen LogP contribution in [0.5, 0.6) is 0 Å². The summed E-state index contributed by atoms with van der Waals surface area (Å²) in [5.41, 5.74) is 2.78. The Hall–Kier alpha value is -1.85. The quantitative estimate of drug-likeness (QED) is 0.762. The number of halogens is 1. The first-order valence-electron chi connectivity index (χ1n) is 7.07. The summed E-state index contributed by atoms with van der Waals surface area (Å²) in [5, 5.41) is 15.0. The van der Waals surface area contributed by atoms with Gasteiger partial charge in [-0.3, -0.25) is 0 Å². The van der Waals surface area contributed by atoms with E-state index in [0.29, 0.717) is 6.42 Å². The van der Waals surface area contributed by atoms with Gasteiger partial charge in [-0.1, -0.05) is 46.3 Å². The van der Waals surface area contributed by atoms with E-state index in [1.807, 2.05) is 55.5 Å². The lowest BCUT2D eigenvalue weighted by atomic mass is 10.1. The molecular formula is C17H19BrN2O2. The van der Waals surface area contributed by atoms with Crippen molar-refractivity contribution in [2.45, 2.75) is 19.4 Å². The number of anilines is 1. The van der Waals surface area contributed by atoms with Gasteiger partial charge in [-0.15, -0.1) is 0 Å². The Balaban J connectivity index is 1.94. The molecule has 0 saturated carbocycles. The smallest absolute Gasteiger partial charge is 0.319 e. The molecule has 22 heavy (non-hydrogen) atoms. The largest absolute Gasteiger partial charge is 0.394 e. The van der Waals surface area contributed by atoms with Crippen LogP contribution in [0.2, 0.25) is 0 Å². The van der Waals surface area contributed by atoms with Gasteiger partial charge in [0.25, 0.3) is 0 Å². The Morgan fingerprint density at radius 3 is 2.59 bits per heavy atom. The van der Waals surface area contributed by atoms with Crippen LogP contribution in [-0.2, 0) is 6.42 Å². The molecule has 0 aliphatic carbocycles. The summed E-state index contributed by atoms with van der Waals surface area (Å²) in [7, 11) is 0. The highest BCUT2D eigenvalue weighted by Gasteiger charge is 2.12. The van der Waals surface area contributed by atoms with Crippen LogP contribution in [0, 0.1) is 6.92 Å². The van der Waals surface area contributed by atoms with Crippen LogP contribution in [-0.4, -0.2) is 23.8 Å². The first kappa shape index (κ1) is 16.5. The monoisotopic (exact) mass is 362 g/mol. The lowest BCUT2D eigenvalue weighted by Gasteiger charge is -2.17. The van der Waals surface area contributed by atoms with Gasteiger partial charge in [-0.2, -0.15) is 0 Å². The topological polar surface area (TPSA) is 61.4 Å². The SMILES string of the molecule is Cc1cc(Br)ccc1NC(=O)NC(CO)Cc1ccccc1. The van der Waals surface area contributed by atoms with E-state index in [4.69, 9.17) is 0 Å². The average molecular weight is 363 g/mol. The fraction of sp³-hybridized carbons (Fsp3) is 0.235. The van der Waals surface area contributed by atoms with E-state index >= 15 is 0 Å². The Labute approximate surface area is 138 Å². The van der Waals surface area contributed by atoms with E-state index in [-0.39, 0.29) is 18.7 Å². The number of benzene rings is 2. The van der Waals surface area contributed by atoms with Crippen molar-refractivity contribution in [1.82, 2.24) is 5.32 Å². The van der Waals surface area contributed by atoms with Gasteiger partial charge < -0.3 is 15.7 Å². The predicted molar refractivity (Wildman–Crippen MR) is 92.1 cm³/mol. The van der Waals surface area contributed by atoms with Crippen LogP contribution < -0.4 is 10.6 Å². The molecule has 0 aromatic heterocycles. The summed E-state index contributed by atoms with van der Waals surface area (Å²) in [5.74, 6) is 0. The first-order valence-corrected chi connectivity index (χ1v) is 7.86. The molecule has 0 aliphatic heterocycles. The zero-order chi connectivity index (χ0) is 15.9. The van der Waals surface area contributed by atoms with Crippen molar-refractivity contribution in [3.05, 3.63) is 64.1 Å². The standard InChI is InChI=1S/C17H19BrN2O2/c1-12-9-14(18)7-8-16(12)20-17(22)19-15(11-21)10-13-5-3-2-4-6-13/h2-9,15,21H,10-11H2,1H3,(H2,19,20,22). The molecular weight excluding hydrogens is 344 g/mol. The normalized spacial score (nSPS) is 11.8. The minimum Gasteiger partial charge on any atom is -0.394 e. The molecule has 0 radical (unpaired) electrons.